The first kappa shape index (κ1) is 14.9. The second-order valence-electron chi connectivity index (χ2n) is 6.48. The van der Waals surface area contributed by atoms with Gasteiger partial charge in [0, 0.05) is 19.7 Å². The van der Waals surface area contributed by atoms with Gasteiger partial charge in [0.05, 0.1) is 5.69 Å². The number of nitrogens with zero attached hydrogens (tertiary/aromatic N) is 6. The van der Waals surface area contributed by atoms with Crippen LogP contribution in [-0.4, -0.2) is 43.4 Å². The van der Waals surface area contributed by atoms with Gasteiger partial charge in [-0.05, 0) is 31.6 Å². The number of likely N-dealkylation sites (N-methyl/N-ethyl adjacent to an activating group) is 1. The van der Waals surface area contributed by atoms with Crippen molar-refractivity contribution in [1.82, 2.24) is 24.5 Å². The maximum absolute atomic E-state index is 12.8. The summed E-state index contributed by atoms with van der Waals surface area (Å²) >= 11 is 0. The minimum absolute atomic E-state index is 0.0841. The second kappa shape index (κ2) is 5.43. The molecule has 1 atom stereocenters. The number of carbonyl (C=O) groups is 2. The maximum Gasteiger partial charge on any atom is 0.288 e. The summed E-state index contributed by atoms with van der Waals surface area (Å²) in [6.07, 6.45) is 5.43. The molecule has 24 heavy (non-hydrogen) atoms. The molecular formula is C15H19N7O2. The molecule has 1 fully saturated rings. The minimum Gasteiger partial charge on any atom is -0.363 e. The topological polar surface area (TPSA) is 112 Å². The molecule has 9 heteroatoms. The number of hydrogen-bond donors (Lipinski definition) is 1. The van der Waals surface area contributed by atoms with E-state index in [1.54, 1.807) is 11.9 Å². The van der Waals surface area contributed by atoms with Crippen molar-refractivity contribution in [3.8, 4) is 0 Å². The van der Waals surface area contributed by atoms with E-state index in [2.05, 4.69) is 15.2 Å². The first-order chi connectivity index (χ1) is 11.5. The molecule has 0 saturated heterocycles. The fourth-order valence-corrected chi connectivity index (χ4v) is 3.10. The number of rotatable bonds is 4. The highest BCUT2D eigenvalue weighted by atomic mass is 16.2. The summed E-state index contributed by atoms with van der Waals surface area (Å²) in [5.74, 6) is 0.654. The van der Waals surface area contributed by atoms with Crippen LogP contribution in [0.3, 0.4) is 0 Å². The highest BCUT2D eigenvalue weighted by molar-refractivity contribution is 5.95. The fourth-order valence-electron chi connectivity index (χ4n) is 3.10. The Kier molecular flexibility index (Phi) is 3.36. The number of aryl methyl sites for hydroxylation is 1. The summed E-state index contributed by atoms with van der Waals surface area (Å²) in [5.41, 5.74) is 6.22. The zero-order valence-corrected chi connectivity index (χ0v) is 13.4. The summed E-state index contributed by atoms with van der Waals surface area (Å²) < 4.78 is 3.29. The highest BCUT2D eigenvalue weighted by Gasteiger charge is 2.32. The lowest BCUT2D eigenvalue weighted by Crippen LogP contribution is -2.34. The van der Waals surface area contributed by atoms with Gasteiger partial charge in [0.25, 0.3) is 11.8 Å². The van der Waals surface area contributed by atoms with E-state index in [1.807, 2.05) is 10.7 Å². The summed E-state index contributed by atoms with van der Waals surface area (Å²) in [6, 6.07) is 1.47. The van der Waals surface area contributed by atoms with Crippen molar-refractivity contribution < 1.29 is 9.59 Å². The number of anilines is 1. The van der Waals surface area contributed by atoms with Gasteiger partial charge in [-0.3, -0.25) is 14.5 Å². The van der Waals surface area contributed by atoms with E-state index in [1.165, 1.54) is 23.9 Å². The monoisotopic (exact) mass is 329 g/mol. The number of amides is 2. The van der Waals surface area contributed by atoms with E-state index in [4.69, 9.17) is 5.73 Å². The average molecular weight is 329 g/mol. The molecule has 126 valence electrons. The Labute approximate surface area is 138 Å². The third-order valence-electron chi connectivity index (χ3n) is 4.63. The van der Waals surface area contributed by atoms with Crippen LogP contribution >= 0.6 is 0 Å². The average Bonchev–Trinajstić information content (AvgIpc) is 3.10. The van der Waals surface area contributed by atoms with Crippen molar-refractivity contribution in [1.29, 1.82) is 0 Å². The number of carbonyl (C=O) groups excluding carboxylic acids is 2. The number of nitrogens with two attached hydrogens (primary N) is 1. The Morgan fingerprint density at radius 2 is 2.12 bits per heavy atom. The molecule has 0 spiro atoms. The largest absolute Gasteiger partial charge is 0.363 e. The van der Waals surface area contributed by atoms with E-state index in [0.717, 1.165) is 23.9 Å². The molecule has 2 aromatic heterocycles. The Morgan fingerprint density at radius 3 is 2.79 bits per heavy atom. The lowest BCUT2D eigenvalue weighted by molar-refractivity contribution is -0.121. The van der Waals surface area contributed by atoms with Crippen molar-refractivity contribution in [3.05, 3.63) is 23.9 Å². The van der Waals surface area contributed by atoms with Gasteiger partial charge in [-0.25, -0.2) is 14.3 Å². The molecule has 9 nitrogen and oxygen atoms in total. The maximum atomic E-state index is 12.8. The molecule has 0 aromatic carbocycles. The molecular weight excluding hydrogens is 310 g/mol. The molecule has 1 aliphatic heterocycles. The first-order valence-electron chi connectivity index (χ1n) is 8.08. The van der Waals surface area contributed by atoms with Crippen molar-refractivity contribution >= 4 is 17.6 Å². The number of hydrogen-bond acceptors (Lipinski definition) is 5. The molecule has 1 aliphatic carbocycles. The van der Waals surface area contributed by atoms with Crippen LogP contribution in [0, 0.1) is 5.92 Å². The molecule has 2 N–H and O–H groups in total. The smallest absolute Gasteiger partial charge is 0.288 e. The molecule has 1 saturated carbocycles. The molecule has 1 unspecified atom stereocenters. The van der Waals surface area contributed by atoms with Gasteiger partial charge in [0.1, 0.15) is 18.2 Å². The van der Waals surface area contributed by atoms with Crippen LogP contribution in [0.2, 0.25) is 0 Å². The van der Waals surface area contributed by atoms with Crippen LogP contribution in [0.15, 0.2) is 12.4 Å². The number of primary amides is 1. The van der Waals surface area contributed by atoms with E-state index in [0.29, 0.717) is 13.0 Å². The third kappa shape index (κ3) is 2.55. The van der Waals surface area contributed by atoms with Gasteiger partial charge in [-0.15, -0.1) is 5.10 Å². The standard InChI is InChI=1S/C15H19N7O2/c1-20-12-7-10(6-9-2-3-9)18-21(12)5-4-11(15(20)24)22-8-17-14(19-22)13(16)23/h7-9,11H,2-6H2,1H3,(H2,16,23). The van der Waals surface area contributed by atoms with Gasteiger partial charge < -0.3 is 5.73 Å². The van der Waals surface area contributed by atoms with Crippen molar-refractivity contribution in [2.45, 2.75) is 38.3 Å². The Balaban J connectivity index is 1.59. The van der Waals surface area contributed by atoms with Crippen molar-refractivity contribution in [2.75, 3.05) is 11.9 Å². The van der Waals surface area contributed by atoms with Gasteiger partial charge >= 0.3 is 0 Å². The van der Waals surface area contributed by atoms with Crippen LogP contribution in [0.5, 0.6) is 0 Å². The van der Waals surface area contributed by atoms with E-state index < -0.39 is 11.9 Å². The molecule has 2 aliphatic rings. The van der Waals surface area contributed by atoms with E-state index in [-0.39, 0.29) is 11.7 Å². The molecule has 0 radical (unpaired) electrons. The normalized spacial score (nSPS) is 20.8. The van der Waals surface area contributed by atoms with Crippen LogP contribution in [0.1, 0.15) is 41.6 Å². The summed E-state index contributed by atoms with van der Waals surface area (Å²) in [6.45, 7) is 0.604. The van der Waals surface area contributed by atoms with Crippen LogP contribution in [0.4, 0.5) is 5.82 Å². The molecule has 2 amide bonds. The quantitative estimate of drug-likeness (QED) is 0.857. The Hall–Kier alpha value is -2.71. The zero-order valence-electron chi connectivity index (χ0n) is 13.4. The molecule has 4 rings (SSSR count). The Morgan fingerprint density at radius 1 is 1.33 bits per heavy atom. The predicted molar refractivity (Wildman–Crippen MR) is 84.3 cm³/mol. The van der Waals surface area contributed by atoms with Crippen LogP contribution in [0.25, 0.3) is 0 Å². The number of aromatic nitrogens is 5. The number of fused-ring (bicyclic) bond motifs is 1. The lowest BCUT2D eigenvalue weighted by Gasteiger charge is -2.19. The summed E-state index contributed by atoms with van der Waals surface area (Å²) in [7, 11) is 1.74. The third-order valence-corrected chi connectivity index (χ3v) is 4.63. The van der Waals surface area contributed by atoms with Crippen LogP contribution in [-0.2, 0) is 17.8 Å². The van der Waals surface area contributed by atoms with Gasteiger partial charge in [-0.1, -0.05) is 0 Å². The fraction of sp³-hybridized carbons (Fsp3) is 0.533. The molecule has 0 bridgehead atoms. The minimum atomic E-state index is -0.708. The van der Waals surface area contributed by atoms with Gasteiger partial charge in [-0.2, -0.15) is 5.10 Å². The van der Waals surface area contributed by atoms with Crippen molar-refractivity contribution in [2.24, 2.45) is 11.7 Å². The van der Waals surface area contributed by atoms with Gasteiger partial charge in [0.15, 0.2) is 0 Å². The Bertz CT molecular complexity index is 805. The summed E-state index contributed by atoms with van der Waals surface area (Å²) in [4.78, 5) is 29.4. The van der Waals surface area contributed by atoms with E-state index in [9.17, 15) is 9.59 Å². The SMILES string of the molecule is CN1C(=O)C(n2cnc(C(N)=O)n2)CCn2nc(CC3CC3)cc21. The second-order valence-corrected chi connectivity index (χ2v) is 6.48. The van der Waals surface area contributed by atoms with Crippen molar-refractivity contribution in [3.63, 3.8) is 0 Å². The highest BCUT2D eigenvalue weighted by Crippen LogP contribution is 2.34. The lowest BCUT2D eigenvalue weighted by atomic mass is 10.2. The van der Waals surface area contributed by atoms with Crippen LogP contribution < -0.4 is 10.6 Å². The molecule has 2 aromatic rings. The summed E-state index contributed by atoms with van der Waals surface area (Å²) in [5, 5.41) is 8.67. The predicted octanol–water partition coefficient (Wildman–Crippen LogP) is 0.134. The molecule has 3 heterocycles. The zero-order chi connectivity index (χ0) is 16.8. The van der Waals surface area contributed by atoms with Gasteiger partial charge in [0.2, 0.25) is 5.82 Å². The first-order valence-corrected chi connectivity index (χ1v) is 8.08. The van der Waals surface area contributed by atoms with E-state index >= 15 is 0 Å².